The Morgan fingerprint density at radius 1 is 1.08 bits per heavy atom. The molecule has 2 fully saturated rings. The van der Waals surface area contributed by atoms with Crippen LogP contribution in [0.5, 0.6) is 0 Å². The Kier molecular flexibility index (Phi) is 3.86. The van der Waals surface area contributed by atoms with E-state index in [9.17, 15) is 14.4 Å². The molecule has 5 nitrogen and oxygen atoms in total. The third kappa shape index (κ3) is 1.95. The first-order valence-corrected chi connectivity index (χ1v) is 8.94. The van der Waals surface area contributed by atoms with Crippen molar-refractivity contribution in [1.29, 1.82) is 0 Å². The first-order valence-electron chi connectivity index (χ1n) is 8.03. The topological polar surface area (TPSA) is 75.3 Å². The maximum absolute atomic E-state index is 13.0. The number of alkyl halides is 1. The van der Waals surface area contributed by atoms with Gasteiger partial charge in [-0.2, -0.15) is 0 Å². The number of Topliss-reactive ketones (excluding diaryl/α,β-unsaturated/α-hetero) is 1. The molecule has 2 amide bonds. The molecule has 0 heterocycles. The van der Waals surface area contributed by atoms with E-state index in [0.717, 1.165) is 0 Å². The van der Waals surface area contributed by atoms with Crippen LogP contribution >= 0.6 is 15.9 Å². The van der Waals surface area contributed by atoms with Crippen molar-refractivity contribution in [2.45, 2.75) is 38.4 Å². The van der Waals surface area contributed by atoms with Crippen LogP contribution in [0.2, 0.25) is 0 Å². The van der Waals surface area contributed by atoms with E-state index in [4.69, 9.17) is 0 Å². The van der Waals surface area contributed by atoms with Gasteiger partial charge in [-0.15, -0.1) is 0 Å². The van der Waals surface area contributed by atoms with Gasteiger partial charge in [-0.05, 0) is 30.4 Å². The number of carbonyl (C=O) groups excluding carboxylic acids is 3. The number of halogens is 1. The summed E-state index contributed by atoms with van der Waals surface area (Å²) in [4.78, 5) is 37.2. The van der Waals surface area contributed by atoms with Crippen LogP contribution in [0, 0.1) is 16.2 Å². The normalized spacial score (nSPS) is 33.3. The lowest BCUT2D eigenvalue weighted by Gasteiger charge is -2.39. The second-order valence-corrected chi connectivity index (χ2v) is 8.35. The van der Waals surface area contributed by atoms with Gasteiger partial charge in [0.2, 0.25) is 5.91 Å². The highest BCUT2D eigenvalue weighted by molar-refractivity contribution is 9.10. The van der Waals surface area contributed by atoms with Crippen LogP contribution in [0.3, 0.4) is 0 Å². The molecule has 24 heavy (non-hydrogen) atoms. The molecule has 1 aromatic rings. The third-order valence-electron chi connectivity index (χ3n) is 6.45. The van der Waals surface area contributed by atoms with Crippen LogP contribution < -0.4 is 10.9 Å². The highest BCUT2D eigenvalue weighted by Gasteiger charge is 2.76. The molecule has 0 spiro atoms. The second-order valence-electron chi connectivity index (χ2n) is 7.43. The molecule has 3 atom stereocenters. The third-order valence-corrected chi connectivity index (χ3v) is 7.65. The summed E-state index contributed by atoms with van der Waals surface area (Å²) in [5.41, 5.74) is 3.60. The van der Waals surface area contributed by atoms with Crippen molar-refractivity contribution < 1.29 is 14.4 Å². The van der Waals surface area contributed by atoms with E-state index in [1.54, 1.807) is 24.3 Å². The molecule has 3 unspecified atom stereocenters. The Labute approximate surface area is 149 Å². The van der Waals surface area contributed by atoms with Gasteiger partial charge in [0.1, 0.15) is 0 Å². The standard InChI is InChI=1S/C18H21BrN2O3/c1-16(2)17(3)9-10-18(16,12(19)13(17)22)15(24)21-20-14(23)11-7-5-4-6-8-11/h4-8,12H,9-10H2,1-3H3,(H,20,23)(H,21,24). The van der Waals surface area contributed by atoms with E-state index in [0.29, 0.717) is 18.4 Å². The Balaban J connectivity index is 1.80. The van der Waals surface area contributed by atoms with Gasteiger partial charge in [-0.3, -0.25) is 25.2 Å². The van der Waals surface area contributed by atoms with Crippen LogP contribution in [0.1, 0.15) is 44.0 Å². The molecule has 2 aliphatic rings. The molecule has 2 saturated carbocycles. The maximum Gasteiger partial charge on any atom is 0.269 e. The largest absolute Gasteiger partial charge is 0.298 e. The van der Waals surface area contributed by atoms with Gasteiger partial charge in [-0.1, -0.05) is 54.9 Å². The Morgan fingerprint density at radius 3 is 2.25 bits per heavy atom. The van der Waals surface area contributed by atoms with Crippen molar-refractivity contribution in [2.24, 2.45) is 16.2 Å². The number of hydrogen-bond donors (Lipinski definition) is 2. The molecular formula is C18H21BrN2O3. The quantitative estimate of drug-likeness (QED) is 0.599. The number of benzene rings is 1. The number of hydrogen-bond acceptors (Lipinski definition) is 3. The van der Waals surface area contributed by atoms with Crippen LogP contribution in [0.25, 0.3) is 0 Å². The van der Waals surface area contributed by atoms with E-state index in [1.807, 2.05) is 26.8 Å². The second kappa shape index (κ2) is 5.41. The fraction of sp³-hybridized carbons (Fsp3) is 0.500. The van der Waals surface area contributed by atoms with E-state index in [2.05, 4.69) is 26.8 Å². The van der Waals surface area contributed by atoms with E-state index >= 15 is 0 Å². The number of nitrogens with one attached hydrogen (secondary N) is 2. The zero-order chi connectivity index (χ0) is 17.8. The Bertz CT molecular complexity index is 718. The lowest BCUT2D eigenvalue weighted by molar-refractivity contribution is -0.136. The Morgan fingerprint density at radius 2 is 1.71 bits per heavy atom. The van der Waals surface area contributed by atoms with E-state index < -0.39 is 21.1 Å². The number of fused-ring (bicyclic) bond motifs is 2. The van der Waals surface area contributed by atoms with Crippen molar-refractivity contribution in [2.75, 3.05) is 0 Å². The predicted octanol–water partition coefficient (Wildman–Crippen LogP) is 2.61. The minimum atomic E-state index is -0.858. The summed E-state index contributed by atoms with van der Waals surface area (Å²) < 4.78 is 0. The van der Waals surface area contributed by atoms with E-state index in [-0.39, 0.29) is 17.6 Å². The number of hydrazine groups is 1. The predicted molar refractivity (Wildman–Crippen MR) is 93.3 cm³/mol. The molecule has 2 N–H and O–H groups in total. The van der Waals surface area contributed by atoms with Crippen LogP contribution in [-0.2, 0) is 9.59 Å². The number of ketones is 1. The molecule has 0 saturated heterocycles. The zero-order valence-corrected chi connectivity index (χ0v) is 15.6. The molecule has 128 valence electrons. The number of carbonyl (C=O) groups is 3. The summed E-state index contributed by atoms with van der Waals surface area (Å²) >= 11 is 3.46. The molecule has 0 aromatic heterocycles. The van der Waals surface area contributed by atoms with Gasteiger partial charge >= 0.3 is 0 Å². The molecular weight excluding hydrogens is 372 g/mol. The van der Waals surface area contributed by atoms with Crippen molar-refractivity contribution in [3.05, 3.63) is 35.9 Å². The van der Waals surface area contributed by atoms with Crippen molar-refractivity contribution in [3.8, 4) is 0 Å². The lowest BCUT2D eigenvalue weighted by Crippen LogP contribution is -2.55. The first kappa shape index (κ1) is 17.1. The SMILES string of the molecule is CC12CCC(C(=O)NNC(=O)c3ccccc3)(C(Br)C1=O)C2(C)C. The molecule has 0 radical (unpaired) electrons. The van der Waals surface area contributed by atoms with Gasteiger partial charge in [0.15, 0.2) is 5.78 Å². The molecule has 2 aliphatic carbocycles. The van der Waals surface area contributed by atoms with Crippen LogP contribution in [0.4, 0.5) is 0 Å². The van der Waals surface area contributed by atoms with Gasteiger partial charge < -0.3 is 0 Å². The van der Waals surface area contributed by atoms with Crippen LogP contribution in [-0.4, -0.2) is 22.4 Å². The monoisotopic (exact) mass is 392 g/mol. The fourth-order valence-electron chi connectivity index (χ4n) is 4.34. The fourth-order valence-corrected chi connectivity index (χ4v) is 5.86. The summed E-state index contributed by atoms with van der Waals surface area (Å²) in [6, 6.07) is 8.66. The van der Waals surface area contributed by atoms with E-state index in [1.165, 1.54) is 0 Å². The zero-order valence-electron chi connectivity index (χ0n) is 14.0. The number of rotatable bonds is 2. The van der Waals surface area contributed by atoms with Gasteiger partial charge in [-0.25, -0.2) is 0 Å². The molecule has 1 aromatic carbocycles. The van der Waals surface area contributed by atoms with Gasteiger partial charge in [0, 0.05) is 11.0 Å². The van der Waals surface area contributed by atoms with Crippen molar-refractivity contribution in [1.82, 2.24) is 10.9 Å². The van der Waals surface area contributed by atoms with Gasteiger partial charge in [0.25, 0.3) is 5.91 Å². The van der Waals surface area contributed by atoms with Crippen molar-refractivity contribution >= 4 is 33.5 Å². The van der Waals surface area contributed by atoms with Crippen molar-refractivity contribution in [3.63, 3.8) is 0 Å². The highest BCUT2D eigenvalue weighted by Crippen LogP contribution is 2.72. The molecule has 6 heteroatoms. The summed E-state index contributed by atoms with van der Waals surface area (Å²) in [6.45, 7) is 5.88. The highest BCUT2D eigenvalue weighted by atomic mass is 79.9. The summed E-state index contributed by atoms with van der Waals surface area (Å²) in [5, 5.41) is 0. The smallest absolute Gasteiger partial charge is 0.269 e. The number of amides is 2. The molecule has 0 aliphatic heterocycles. The minimum absolute atomic E-state index is 0.0725. The molecule has 3 rings (SSSR count). The average molecular weight is 393 g/mol. The lowest BCUT2D eigenvalue weighted by atomic mass is 9.64. The summed E-state index contributed by atoms with van der Waals surface area (Å²) in [6.07, 6.45) is 1.30. The maximum atomic E-state index is 13.0. The minimum Gasteiger partial charge on any atom is -0.298 e. The van der Waals surface area contributed by atoms with Crippen LogP contribution in [0.15, 0.2) is 30.3 Å². The Hall–Kier alpha value is -1.69. The summed E-state index contributed by atoms with van der Waals surface area (Å²) in [5.74, 6) is -0.620. The molecule has 2 bridgehead atoms. The van der Waals surface area contributed by atoms with Gasteiger partial charge in [0.05, 0.1) is 10.2 Å². The first-order chi connectivity index (χ1) is 11.2. The average Bonchev–Trinajstić information content (AvgIpc) is 2.85. The summed E-state index contributed by atoms with van der Waals surface area (Å²) in [7, 11) is 0.